The molecule has 0 atom stereocenters. The van der Waals surface area contributed by atoms with Crippen molar-refractivity contribution in [2.75, 3.05) is 13.1 Å². The van der Waals surface area contributed by atoms with Crippen molar-refractivity contribution in [3.63, 3.8) is 0 Å². The minimum Gasteiger partial charge on any atom is -0.479 e. The Labute approximate surface area is 117 Å². The number of benzene rings is 2. The molecule has 4 heteroatoms. The lowest BCUT2D eigenvalue weighted by Gasteiger charge is -2.48. The smallest absolute Gasteiger partial charge is 0.407 e. The lowest BCUT2D eigenvalue weighted by Crippen LogP contribution is -2.63. The third-order valence-electron chi connectivity index (χ3n) is 3.52. The van der Waals surface area contributed by atoms with Gasteiger partial charge in [-0.25, -0.2) is 4.79 Å². The molecule has 1 saturated heterocycles. The van der Waals surface area contributed by atoms with Crippen LogP contribution in [0.15, 0.2) is 60.7 Å². The van der Waals surface area contributed by atoms with Crippen LogP contribution in [0, 0.1) is 0 Å². The van der Waals surface area contributed by atoms with E-state index < -0.39 is 11.7 Å². The van der Waals surface area contributed by atoms with Crippen LogP contribution in [-0.4, -0.2) is 29.2 Å². The van der Waals surface area contributed by atoms with Gasteiger partial charge in [0.15, 0.2) is 5.60 Å². The lowest BCUT2D eigenvalue weighted by molar-refractivity contribution is -0.0693. The van der Waals surface area contributed by atoms with Crippen molar-refractivity contribution in [2.24, 2.45) is 0 Å². The molecule has 2 aromatic rings. The van der Waals surface area contributed by atoms with Crippen molar-refractivity contribution >= 4 is 6.09 Å². The van der Waals surface area contributed by atoms with Gasteiger partial charge in [0.25, 0.3) is 0 Å². The van der Waals surface area contributed by atoms with Gasteiger partial charge < -0.3 is 9.84 Å². The van der Waals surface area contributed by atoms with Crippen molar-refractivity contribution in [1.82, 2.24) is 4.90 Å². The first-order valence-electron chi connectivity index (χ1n) is 6.47. The standard InChI is InChI=1S/C16H15NO3/c18-15(19)17-11-16(12-17,13-7-3-1-4-8-13)20-14-9-5-2-6-10-14/h1-10H,11-12H2,(H,18,19). The molecule has 0 aromatic heterocycles. The summed E-state index contributed by atoms with van der Waals surface area (Å²) in [5.41, 5.74) is 0.419. The molecule has 4 nitrogen and oxygen atoms in total. The Hall–Kier alpha value is -2.49. The molecule has 1 heterocycles. The van der Waals surface area contributed by atoms with Gasteiger partial charge in [0.2, 0.25) is 0 Å². The largest absolute Gasteiger partial charge is 0.479 e. The fourth-order valence-electron chi connectivity index (χ4n) is 2.47. The topological polar surface area (TPSA) is 49.8 Å². The third kappa shape index (κ3) is 2.20. The van der Waals surface area contributed by atoms with Gasteiger partial charge in [-0.1, -0.05) is 48.5 Å². The average Bonchev–Trinajstić information content (AvgIpc) is 2.44. The zero-order chi connectivity index (χ0) is 14.0. The highest BCUT2D eigenvalue weighted by Gasteiger charge is 2.49. The third-order valence-corrected chi connectivity index (χ3v) is 3.52. The highest BCUT2D eigenvalue weighted by Crippen LogP contribution is 2.36. The molecule has 102 valence electrons. The van der Waals surface area contributed by atoms with E-state index in [1.54, 1.807) is 0 Å². The molecule has 0 unspecified atom stereocenters. The van der Waals surface area contributed by atoms with Crippen LogP contribution < -0.4 is 4.74 Å². The number of para-hydroxylation sites is 1. The van der Waals surface area contributed by atoms with Gasteiger partial charge in [0.05, 0.1) is 13.1 Å². The first-order chi connectivity index (χ1) is 9.70. The molecule has 1 fully saturated rings. The van der Waals surface area contributed by atoms with Gasteiger partial charge in [0.1, 0.15) is 5.75 Å². The van der Waals surface area contributed by atoms with Gasteiger partial charge in [-0.2, -0.15) is 0 Å². The Morgan fingerprint density at radius 2 is 1.55 bits per heavy atom. The van der Waals surface area contributed by atoms with E-state index >= 15 is 0 Å². The number of nitrogens with zero attached hydrogens (tertiary/aromatic N) is 1. The van der Waals surface area contributed by atoms with E-state index in [0.29, 0.717) is 13.1 Å². The van der Waals surface area contributed by atoms with Crippen LogP contribution in [0.1, 0.15) is 5.56 Å². The number of carboxylic acid groups (broad SMARTS) is 1. The summed E-state index contributed by atoms with van der Waals surface area (Å²) < 4.78 is 6.10. The molecule has 0 spiro atoms. The number of ether oxygens (including phenoxy) is 1. The van der Waals surface area contributed by atoms with E-state index in [4.69, 9.17) is 9.84 Å². The summed E-state index contributed by atoms with van der Waals surface area (Å²) in [6.45, 7) is 0.697. The molecule has 2 aromatic carbocycles. The van der Waals surface area contributed by atoms with Gasteiger partial charge in [-0.05, 0) is 17.7 Å². The quantitative estimate of drug-likeness (QED) is 0.932. The van der Waals surface area contributed by atoms with Crippen LogP contribution in [0.25, 0.3) is 0 Å². The summed E-state index contributed by atoms with van der Waals surface area (Å²) in [6, 6.07) is 19.3. The predicted molar refractivity (Wildman–Crippen MR) is 74.8 cm³/mol. The van der Waals surface area contributed by atoms with Gasteiger partial charge in [-0.3, -0.25) is 4.90 Å². The van der Waals surface area contributed by atoms with Crippen molar-refractivity contribution in [3.05, 3.63) is 66.2 Å². The van der Waals surface area contributed by atoms with Crippen molar-refractivity contribution in [1.29, 1.82) is 0 Å². The normalized spacial score (nSPS) is 16.3. The van der Waals surface area contributed by atoms with Gasteiger partial charge >= 0.3 is 6.09 Å². The van der Waals surface area contributed by atoms with Crippen molar-refractivity contribution < 1.29 is 14.6 Å². The summed E-state index contributed by atoms with van der Waals surface area (Å²) in [5.74, 6) is 0.751. The SMILES string of the molecule is O=C(O)N1CC(Oc2ccccc2)(c2ccccc2)C1. The zero-order valence-electron chi connectivity index (χ0n) is 10.9. The molecule has 0 radical (unpaired) electrons. The number of carbonyl (C=O) groups is 1. The second-order valence-electron chi connectivity index (χ2n) is 4.91. The predicted octanol–water partition coefficient (Wildman–Crippen LogP) is 2.95. The van der Waals surface area contributed by atoms with E-state index in [1.165, 1.54) is 4.90 Å². The highest BCUT2D eigenvalue weighted by atomic mass is 16.5. The first-order valence-corrected chi connectivity index (χ1v) is 6.47. The van der Waals surface area contributed by atoms with Crippen LogP contribution in [0.2, 0.25) is 0 Å². The molecule has 3 rings (SSSR count). The maximum Gasteiger partial charge on any atom is 0.407 e. The minimum absolute atomic E-state index is 0.348. The summed E-state index contributed by atoms with van der Waals surface area (Å²) in [4.78, 5) is 12.4. The molecular formula is C16H15NO3. The highest BCUT2D eigenvalue weighted by molar-refractivity contribution is 5.67. The molecule has 0 aliphatic carbocycles. The summed E-state index contributed by atoms with van der Waals surface area (Å²) >= 11 is 0. The first kappa shape index (κ1) is 12.5. The second-order valence-corrected chi connectivity index (χ2v) is 4.91. The van der Waals surface area contributed by atoms with Crippen LogP contribution in [-0.2, 0) is 5.60 Å². The summed E-state index contributed by atoms with van der Waals surface area (Å²) in [6.07, 6.45) is -0.909. The Balaban J connectivity index is 1.88. The minimum atomic E-state index is -0.909. The number of likely N-dealkylation sites (tertiary alicyclic amines) is 1. The molecule has 0 saturated carbocycles. The van der Waals surface area contributed by atoms with Crippen molar-refractivity contribution in [2.45, 2.75) is 5.60 Å². The molecule has 1 N–H and O–H groups in total. The van der Waals surface area contributed by atoms with Crippen molar-refractivity contribution in [3.8, 4) is 5.75 Å². The molecule has 1 aliphatic heterocycles. The second kappa shape index (κ2) is 4.89. The number of hydrogen-bond donors (Lipinski definition) is 1. The zero-order valence-corrected chi connectivity index (χ0v) is 10.9. The summed E-state index contributed by atoms with van der Waals surface area (Å²) in [5, 5.41) is 9.05. The van der Waals surface area contributed by atoms with E-state index in [9.17, 15) is 4.79 Å². The maximum absolute atomic E-state index is 11.0. The fourth-order valence-corrected chi connectivity index (χ4v) is 2.47. The average molecular weight is 269 g/mol. The number of amides is 1. The van der Waals surface area contributed by atoms with Crippen LogP contribution in [0.5, 0.6) is 5.75 Å². The number of hydrogen-bond acceptors (Lipinski definition) is 2. The van der Waals surface area contributed by atoms with Crippen LogP contribution >= 0.6 is 0 Å². The Kier molecular flexibility index (Phi) is 3.06. The summed E-state index contributed by atoms with van der Waals surface area (Å²) in [7, 11) is 0. The van der Waals surface area contributed by atoms with E-state index in [2.05, 4.69) is 0 Å². The Morgan fingerprint density at radius 1 is 1.00 bits per heavy atom. The van der Waals surface area contributed by atoms with Gasteiger partial charge in [-0.15, -0.1) is 0 Å². The maximum atomic E-state index is 11.0. The van der Waals surface area contributed by atoms with Crippen LogP contribution in [0.3, 0.4) is 0 Å². The molecule has 1 aliphatic rings. The molecule has 20 heavy (non-hydrogen) atoms. The monoisotopic (exact) mass is 269 g/mol. The van der Waals surface area contributed by atoms with Gasteiger partial charge in [0, 0.05) is 0 Å². The molecular weight excluding hydrogens is 254 g/mol. The van der Waals surface area contributed by atoms with Crippen LogP contribution in [0.4, 0.5) is 4.79 Å². The Bertz CT molecular complexity index is 592. The van der Waals surface area contributed by atoms with E-state index in [-0.39, 0.29) is 0 Å². The molecule has 1 amide bonds. The van der Waals surface area contributed by atoms with E-state index in [1.807, 2.05) is 60.7 Å². The molecule has 0 bridgehead atoms. The Morgan fingerprint density at radius 3 is 2.10 bits per heavy atom. The van der Waals surface area contributed by atoms with E-state index in [0.717, 1.165) is 11.3 Å². The fraction of sp³-hybridized carbons (Fsp3) is 0.188. The lowest BCUT2D eigenvalue weighted by atomic mass is 9.86. The number of rotatable bonds is 3.